The van der Waals surface area contributed by atoms with Gasteiger partial charge in [-0.3, -0.25) is 0 Å². The van der Waals surface area contributed by atoms with E-state index in [9.17, 15) is 4.79 Å². The second-order valence-corrected chi connectivity index (χ2v) is 6.43. The van der Waals surface area contributed by atoms with Crippen molar-refractivity contribution >= 4 is 21.9 Å². The number of hydrogen-bond acceptors (Lipinski definition) is 3. The van der Waals surface area contributed by atoms with Crippen molar-refractivity contribution in [2.45, 2.75) is 18.4 Å². The van der Waals surface area contributed by atoms with Crippen molar-refractivity contribution in [3.8, 4) is 0 Å². The lowest BCUT2D eigenvalue weighted by atomic mass is 9.84. The van der Waals surface area contributed by atoms with E-state index in [0.29, 0.717) is 5.56 Å². The van der Waals surface area contributed by atoms with Gasteiger partial charge in [0.15, 0.2) is 0 Å². The van der Waals surface area contributed by atoms with E-state index in [1.807, 2.05) is 42.5 Å². The summed E-state index contributed by atoms with van der Waals surface area (Å²) in [6, 6.07) is 17.4. The summed E-state index contributed by atoms with van der Waals surface area (Å²) >= 11 is 3.40. The molecule has 0 unspecified atom stereocenters. The van der Waals surface area contributed by atoms with Crippen LogP contribution in [0.4, 0.5) is 0 Å². The lowest BCUT2D eigenvalue weighted by Gasteiger charge is -2.37. The van der Waals surface area contributed by atoms with Crippen molar-refractivity contribution in [1.29, 1.82) is 0 Å². The fourth-order valence-corrected chi connectivity index (χ4v) is 3.27. The molecule has 22 heavy (non-hydrogen) atoms. The summed E-state index contributed by atoms with van der Waals surface area (Å²) in [5.74, 6) is -0.271. The molecule has 1 N–H and O–H groups in total. The Balaban J connectivity index is 1.89. The second kappa shape index (κ2) is 6.63. The molecule has 3 nitrogen and oxygen atoms in total. The summed E-state index contributed by atoms with van der Waals surface area (Å²) in [6.45, 7) is 1.70. The maximum absolute atomic E-state index is 12.6. The normalized spacial score (nSPS) is 17.0. The molecular formula is C18H18BrNO2. The van der Waals surface area contributed by atoms with Crippen LogP contribution in [0.15, 0.2) is 59.1 Å². The van der Waals surface area contributed by atoms with Crippen LogP contribution >= 0.6 is 15.9 Å². The van der Waals surface area contributed by atoms with Crippen molar-refractivity contribution in [2.75, 3.05) is 13.1 Å². The molecule has 1 heterocycles. The summed E-state index contributed by atoms with van der Waals surface area (Å²) in [7, 11) is 0. The predicted molar refractivity (Wildman–Crippen MR) is 89.8 cm³/mol. The molecular weight excluding hydrogens is 342 g/mol. The molecule has 0 atom stereocenters. The fourth-order valence-electron chi connectivity index (χ4n) is 2.87. The van der Waals surface area contributed by atoms with Crippen LogP contribution in [0.25, 0.3) is 0 Å². The number of nitrogens with one attached hydrogen (secondary N) is 1. The number of esters is 1. The average molecular weight is 360 g/mol. The first-order valence-corrected chi connectivity index (χ1v) is 8.24. The van der Waals surface area contributed by atoms with Gasteiger partial charge in [-0.2, -0.15) is 0 Å². The van der Waals surface area contributed by atoms with Crippen molar-refractivity contribution in [3.05, 3.63) is 70.2 Å². The molecule has 0 saturated carbocycles. The monoisotopic (exact) mass is 359 g/mol. The zero-order valence-corrected chi connectivity index (χ0v) is 13.8. The van der Waals surface area contributed by atoms with E-state index in [1.165, 1.54) is 0 Å². The van der Waals surface area contributed by atoms with E-state index in [2.05, 4.69) is 21.2 Å². The van der Waals surface area contributed by atoms with Crippen molar-refractivity contribution in [3.63, 3.8) is 0 Å². The van der Waals surface area contributed by atoms with Crippen LogP contribution in [0.1, 0.15) is 28.8 Å². The molecule has 114 valence electrons. The molecule has 0 radical (unpaired) electrons. The van der Waals surface area contributed by atoms with E-state index >= 15 is 0 Å². The van der Waals surface area contributed by atoms with Gasteiger partial charge >= 0.3 is 5.97 Å². The smallest absolute Gasteiger partial charge is 0.339 e. The maximum atomic E-state index is 12.6. The quantitative estimate of drug-likeness (QED) is 0.845. The Morgan fingerprint density at radius 1 is 1.05 bits per heavy atom. The summed E-state index contributed by atoms with van der Waals surface area (Å²) in [6.07, 6.45) is 1.58. The van der Waals surface area contributed by atoms with Gasteiger partial charge in [0, 0.05) is 17.3 Å². The molecule has 1 saturated heterocycles. The SMILES string of the molecule is O=C(OC1(c2ccccc2)CCNCC1)c1cccc(Br)c1. The number of halogens is 1. The standard InChI is InChI=1S/C18H18BrNO2/c19-16-8-4-5-14(13-16)17(21)22-18(9-11-20-12-10-18)15-6-2-1-3-7-15/h1-8,13,20H,9-12H2. The highest BCUT2D eigenvalue weighted by atomic mass is 79.9. The summed E-state index contributed by atoms with van der Waals surface area (Å²) in [5, 5.41) is 3.33. The second-order valence-electron chi connectivity index (χ2n) is 5.51. The number of piperidine rings is 1. The van der Waals surface area contributed by atoms with E-state index in [0.717, 1.165) is 36.0 Å². The van der Waals surface area contributed by atoms with Crippen LogP contribution in [-0.4, -0.2) is 19.1 Å². The largest absolute Gasteiger partial charge is 0.450 e. The Morgan fingerprint density at radius 3 is 2.45 bits per heavy atom. The van der Waals surface area contributed by atoms with Gasteiger partial charge in [-0.15, -0.1) is 0 Å². The van der Waals surface area contributed by atoms with Crippen molar-refractivity contribution in [2.24, 2.45) is 0 Å². The Kier molecular flexibility index (Phi) is 4.60. The number of rotatable bonds is 3. The minimum atomic E-state index is -0.536. The molecule has 0 amide bonds. The van der Waals surface area contributed by atoms with Gasteiger partial charge in [-0.1, -0.05) is 52.3 Å². The molecule has 2 aromatic rings. The Bertz CT molecular complexity index is 651. The third-order valence-corrected chi connectivity index (χ3v) is 4.55. The molecule has 0 aliphatic carbocycles. The topological polar surface area (TPSA) is 38.3 Å². The van der Waals surface area contributed by atoms with E-state index in [-0.39, 0.29) is 5.97 Å². The zero-order chi connectivity index (χ0) is 15.4. The lowest BCUT2D eigenvalue weighted by molar-refractivity contribution is -0.0378. The Morgan fingerprint density at radius 2 is 1.77 bits per heavy atom. The fraction of sp³-hybridized carbons (Fsp3) is 0.278. The van der Waals surface area contributed by atoms with E-state index in [4.69, 9.17) is 4.74 Å². The molecule has 0 bridgehead atoms. The molecule has 0 spiro atoms. The van der Waals surface area contributed by atoms with Crippen LogP contribution in [-0.2, 0) is 10.3 Å². The lowest BCUT2D eigenvalue weighted by Crippen LogP contribution is -2.43. The average Bonchev–Trinajstić information content (AvgIpc) is 2.56. The van der Waals surface area contributed by atoms with E-state index < -0.39 is 5.60 Å². The first-order valence-electron chi connectivity index (χ1n) is 7.45. The van der Waals surface area contributed by atoms with Gasteiger partial charge < -0.3 is 10.1 Å². The van der Waals surface area contributed by atoms with Gasteiger partial charge in [0.2, 0.25) is 0 Å². The van der Waals surface area contributed by atoms with Gasteiger partial charge in [0.05, 0.1) is 5.56 Å². The van der Waals surface area contributed by atoms with Crippen LogP contribution in [0.3, 0.4) is 0 Å². The van der Waals surface area contributed by atoms with Crippen LogP contribution in [0.2, 0.25) is 0 Å². The first kappa shape index (κ1) is 15.3. The van der Waals surface area contributed by atoms with Gasteiger partial charge in [0.1, 0.15) is 5.60 Å². The minimum absolute atomic E-state index is 0.271. The highest BCUT2D eigenvalue weighted by Gasteiger charge is 2.38. The Hall–Kier alpha value is -1.65. The highest BCUT2D eigenvalue weighted by Crippen LogP contribution is 2.35. The van der Waals surface area contributed by atoms with Crippen molar-refractivity contribution < 1.29 is 9.53 Å². The third-order valence-electron chi connectivity index (χ3n) is 4.06. The first-order chi connectivity index (χ1) is 10.7. The number of ether oxygens (including phenoxy) is 1. The molecule has 4 heteroatoms. The Labute approximate surface area is 138 Å². The predicted octanol–water partition coefficient (Wildman–Crippen LogP) is 3.88. The maximum Gasteiger partial charge on any atom is 0.339 e. The van der Waals surface area contributed by atoms with Crippen LogP contribution in [0, 0.1) is 0 Å². The van der Waals surface area contributed by atoms with Gasteiger partial charge in [0.25, 0.3) is 0 Å². The summed E-state index contributed by atoms with van der Waals surface area (Å²) in [4.78, 5) is 12.6. The molecule has 3 rings (SSSR count). The molecule has 1 fully saturated rings. The van der Waals surface area contributed by atoms with E-state index in [1.54, 1.807) is 12.1 Å². The molecule has 0 aromatic heterocycles. The summed E-state index contributed by atoms with van der Waals surface area (Å²) in [5.41, 5.74) is 1.11. The molecule has 1 aliphatic heterocycles. The molecule has 2 aromatic carbocycles. The van der Waals surface area contributed by atoms with Crippen molar-refractivity contribution in [1.82, 2.24) is 5.32 Å². The summed E-state index contributed by atoms with van der Waals surface area (Å²) < 4.78 is 6.88. The van der Waals surface area contributed by atoms with Crippen LogP contribution in [0.5, 0.6) is 0 Å². The number of hydrogen-bond donors (Lipinski definition) is 1. The molecule has 1 aliphatic rings. The number of carbonyl (C=O) groups is 1. The van der Waals surface area contributed by atoms with Crippen LogP contribution < -0.4 is 5.32 Å². The third kappa shape index (κ3) is 3.23. The minimum Gasteiger partial charge on any atom is -0.450 e. The highest BCUT2D eigenvalue weighted by molar-refractivity contribution is 9.10. The number of carbonyl (C=O) groups excluding carboxylic acids is 1. The zero-order valence-electron chi connectivity index (χ0n) is 12.2. The van der Waals surface area contributed by atoms with Gasteiger partial charge in [-0.05, 0) is 36.9 Å². The van der Waals surface area contributed by atoms with Gasteiger partial charge in [-0.25, -0.2) is 4.79 Å². The number of benzene rings is 2.